The van der Waals surface area contributed by atoms with Crippen LogP contribution >= 0.6 is 11.6 Å². The van der Waals surface area contributed by atoms with Gasteiger partial charge in [-0.3, -0.25) is 19.4 Å². The van der Waals surface area contributed by atoms with Crippen LogP contribution in [-0.2, 0) is 9.59 Å². The van der Waals surface area contributed by atoms with Gasteiger partial charge in [0, 0.05) is 17.3 Å². The standard InChI is InChI=1S/C15H16ClN3O3/c1-3-8-17-13(20)9-18-14(21)10(2)19(15(18)22)12-6-4-11(16)5-7-12/h3-7,10H,1,8-9H2,2H3,(H,17,20)/t10-/m0/s1. The van der Waals surface area contributed by atoms with Crippen molar-refractivity contribution in [1.82, 2.24) is 10.2 Å². The van der Waals surface area contributed by atoms with Crippen molar-refractivity contribution < 1.29 is 14.4 Å². The number of halogens is 1. The van der Waals surface area contributed by atoms with Crippen molar-refractivity contribution in [3.8, 4) is 0 Å². The van der Waals surface area contributed by atoms with Crippen LogP contribution in [0.25, 0.3) is 0 Å². The fourth-order valence-electron chi connectivity index (χ4n) is 2.19. The van der Waals surface area contributed by atoms with E-state index in [9.17, 15) is 14.4 Å². The summed E-state index contributed by atoms with van der Waals surface area (Å²) in [5.41, 5.74) is 0.559. The van der Waals surface area contributed by atoms with Crippen LogP contribution in [0.4, 0.5) is 10.5 Å². The molecule has 0 bridgehead atoms. The largest absolute Gasteiger partial charge is 0.351 e. The molecule has 1 aliphatic rings. The van der Waals surface area contributed by atoms with Gasteiger partial charge in [-0.05, 0) is 31.2 Å². The number of imide groups is 1. The van der Waals surface area contributed by atoms with E-state index in [2.05, 4.69) is 11.9 Å². The van der Waals surface area contributed by atoms with Crippen LogP contribution in [0.15, 0.2) is 36.9 Å². The topological polar surface area (TPSA) is 69.7 Å². The molecule has 1 fully saturated rings. The molecule has 22 heavy (non-hydrogen) atoms. The third-order valence-electron chi connectivity index (χ3n) is 3.30. The lowest BCUT2D eigenvalue weighted by atomic mass is 10.2. The molecule has 4 amide bonds. The molecule has 1 atom stereocenters. The smallest absolute Gasteiger partial charge is 0.332 e. The van der Waals surface area contributed by atoms with Crippen LogP contribution in [0.1, 0.15) is 6.92 Å². The zero-order valence-corrected chi connectivity index (χ0v) is 12.8. The van der Waals surface area contributed by atoms with Crippen LogP contribution in [0.5, 0.6) is 0 Å². The second-order valence-corrected chi connectivity index (χ2v) is 5.26. The van der Waals surface area contributed by atoms with Gasteiger partial charge in [0.25, 0.3) is 5.91 Å². The van der Waals surface area contributed by atoms with E-state index in [0.29, 0.717) is 10.7 Å². The highest BCUT2D eigenvalue weighted by Gasteiger charge is 2.43. The van der Waals surface area contributed by atoms with Crippen LogP contribution in [-0.4, -0.2) is 41.9 Å². The number of nitrogens with one attached hydrogen (secondary N) is 1. The number of urea groups is 1. The van der Waals surface area contributed by atoms with E-state index in [4.69, 9.17) is 11.6 Å². The van der Waals surface area contributed by atoms with Crippen molar-refractivity contribution in [2.45, 2.75) is 13.0 Å². The molecule has 116 valence electrons. The van der Waals surface area contributed by atoms with E-state index in [-0.39, 0.29) is 13.1 Å². The first kappa shape index (κ1) is 16.0. The molecule has 1 aromatic carbocycles. The molecule has 0 radical (unpaired) electrons. The minimum atomic E-state index is -0.666. The van der Waals surface area contributed by atoms with Gasteiger partial charge in [-0.1, -0.05) is 17.7 Å². The summed E-state index contributed by atoms with van der Waals surface area (Å²) in [6, 6.07) is 5.41. The van der Waals surface area contributed by atoms with E-state index in [1.807, 2.05) is 0 Å². The van der Waals surface area contributed by atoms with Gasteiger partial charge in [0.05, 0.1) is 0 Å². The van der Waals surface area contributed by atoms with Crippen LogP contribution in [0.2, 0.25) is 5.02 Å². The number of carbonyl (C=O) groups excluding carboxylic acids is 3. The highest BCUT2D eigenvalue weighted by Crippen LogP contribution is 2.26. The highest BCUT2D eigenvalue weighted by molar-refractivity contribution is 6.30. The predicted octanol–water partition coefficient (Wildman–Crippen LogP) is 1.80. The fourth-order valence-corrected chi connectivity index (χ4v) is 2.32. The SMILES string of the molecule is C=CCNC(=O)CN1C(=O)[C@H](C)N(c2ccc(Cl)cc2)C1=O. The number of carbonyl (C=O) groups is 3. The Morgan fingerprint density at radius 1 is 1.36 bits per heavy atom. The van der Waals surface area contributed by atoms with E-state index in [0.717, 1.165) is 4.90 Å². The molecule has 6 nitrogen and oxygen atoms in total. The van der Waals surface area contributed by atoms with Crippen LogP contribution in [0, 0.1) is 0 Å². The number of rotatable bonds is 5. The number of nitrogens with zero attached hydrogens (tertiary/aromatic N) is 2. The van der Waals surface area contributed by atoms with Crippen molar-refractivity contribution in [3.63, 3.8) is 0 Å². The monoisotopic (exact) mass is 321 g/mol. The van der Waals surface area contributed by atoms with Crippen LogP contribution < -0.4 is 10.2 Å². The Hall–Kier alpha value is -2.34. The molecule has 0 spiro atoms. The minimum Gasteiger partial charge on any atom is -0.351 e. The number of hydrogen-bond donors (Lipinski definition) is 1. The Kier molecular flexibility index (Phi) is 4.82. The number of benzene rings is 1. The molecule has 0 saturated carbocycles. The van der Waals surface area contributed by atoms with Gasteiger partial charge >= 0.3 is 6.03 Å². The van der Waals surface area contributed by atoms with Gasteiger partial charge in [0.1, 0.15) is 12.6 Å². The summed E-state index contributed by atoms with van der Waals surface area (Å²) in [6.45, 7) is 5.08. The molecule has 1 aliphatic heterocycles. The van der Waals surface area contributed by atoms with E-state index in [1.165, 1.54) is 11.0 Å². The van der Waals surface area contributed by atoms with Crippen molar-refractivity contribution >= 4 is 35.1 Å². The fraction of sp³-hybridized carbons (Fsp3) is 0.267. The summed E-state index contributed by atoms with van der Waals surface area (Å²) in [7, 11) is 0. The first-order valence-corrected chi connectivity index (χ1v) is 7.11. The molecular weight excluding hydrogens is 306 g/mol. The molecule has 1 saturated heterocycles. The quantitative estimate of drug-likeness (QED) is 0.664. The normalized spacial score (nSPS) is 17.8. The number of anilines is 1. The van der Waals surface area contributed by atoms with Gasteiger partial charge in [-0.2, -0.15) is 0 Å². The first-order chi connectivity index (χ1) is 10.5. The summed E-state index contributed by atoms with van der Waals surface area (Å²) in [5.74, 6) is -0.819. The van der Waals surface area contributed by atoms with Crippen LogP contribution in [0.3, 0.4) is 0 Å². The highest BCUT2D eigenvalue weighted by atomic mass is 35.5. The summed E-state index contributed by atoms with van der Waals surface area (Å²) in [6.07, 6.45) is 1.52. The number of hydrogen-bond acceptors (Lipinski definition) is 3. The Morgan fingerprint density at radius 3 is 2.59 bits per heavy atom. The zero-order valence-electron chi connectivity index (χ0n) is 12.1. The second kappa shape index (κ2) is 6.62. The molecule has 1 heterocycles. The Morgan fingerprint density at radius 2 is 2.00 bits per heavy atom. The van der Waals surface area contributed by atoms with Gasteiger partial charge in [0.15, 0.2) is 0 Å². The first-order valence-electron chi connectivity index (χ1n) is 6.73. The molecule has 2 rings (SSSR count). The van der Waals surface area contributed by atoms with E-state index >= 15 is 0 Å². The van der Waals surface area contributed by atoms with E-state index < -0.39 is 23.9 Å². The molecule has 0 aliphatic carbocycles. The van der Waals surface area contributed by atoms with Gasteiger partial charge in [-0.15, -0.1) is 6.58 Å². The van der Waals surface area contributed by atoms with Crippen molar-refractivity contribution in [2.75, 3.05) is 18.0 Å². The summed E-state index contributed by atoms with van der Waals surface area (Å²) >= 11 is 5.82. The third-order valence-corrected chi connectivity index (χ3v) is 3.55. The van der Waals surface area contributed by atoms with Gasteiger partial charge in [-0.25, -0.2) is 4.79 Å². The summed E-state index contributed by atoms with van der Waals surface area (Å²) in [5, 5.41) is 3.08. The zero-order chi connectivity index (χ0) is 16.3. The lowest BCUT2D eigenvalue weighted by Gasteiger charge is -2.19. The van der Waals surface area contributed by atoms with Gasteiger partial charge < -0.3 is 5.32 Å². The Bertz CT molecular complexity index is 615. The minimum absolute atomic E-state index is 0.283. The molecule has 1 aromatic rings. The van der Waals surface area contributed by atoms with Crippen molar-refractivity contribution in [1.29, 1.82) is 0 Å². The molecule has 0 aromatic heterocycles. The van der Waals surface area contributed by atoms with Crippen molar-refractivity contribution in [2.24, 2.45) is 0 Å². The summed E-state index contributed by atoms with van der Waals surface area (Å²) < 4.78 is 0. The average Bonchev–Trinajstić information content (AvgIpc) is 2.70. The predicted molar refractivity (Wildman–Crippen MR) is 83.7 cm³/mol. The third kappa shape index (κ3) is 3.12. The van der Waals surface area contributed by atoms with Gasteiger partial charge in [0.2, 0.25) is 5.91 Å². The lowest BCUT2D eigenvalue weighted by Crippen LogP contribution is -2.41. The molecule has 1 N–H and O–H groups in total. The Balaban J connectivity index is 2.17. The molecular formula is C15H16ClN3O3. The van der Waals surface area contributed by atoms with Crippen molar-refractivity contribution in [3.05, 3.63) is 41.9 Å². The average molecular weight is 322 g/mol. The molecule has 7 heteroatoms. The maximum absolute atomic E-state index is 12.4. The summed E-state index contributed by atoms with van der Waals surface area (Å²) in [4.78, 5) is 38.6. The lowest BCUT2D eigenvalue weighted by molar-refractivity contribution is -0.131. The van der Waals surface area contributed by atoms with E-state index in [1.54, 1.807) is 31.2 Å². The Labute approximate surface area is 133 Å². The maximum atomic E-state index is 12.4. The maximum Gasteiger partial charge on any atom is 0.332 e. The molecule has 0 unspecified atom stereocenters. The second-order valence-electron chi connectivity index (χ2n) is 4.82. The number of amides is 4.